The number of aromatic amines is 1. The molecule has 1 aromatic carbocycles. The summed E-state index contributed by atoms with van der Waals surface area (Å²) in [6.07, 6.45) is 1.79. The zero-order valence-corrected chi connectivity index (χ0v) is 12.2. The van der Waals surface area contributed by atoms with Crippen molar-refractivity contribution in [3.63, 3.8) is 0 Å². The Balaban J connectivity index is 0.00000180. The molecule has 3 N–H and O–H groups in total. The van der Waals surface area contributed by atoms with E-state index in [4.69, 9.17) is 5.73 Å². The third-order valence-electron chi connectivity index (χ3n) is 3.05. The van der Waals surface area contributed by atoms with Gasteiger partial charge in [-0.3, -0.25) is 4.79 Å². The first kappa shape index (κ1) is 15.7. The van der Waals surface area contributed by atoms with Crippen LogP contribution in [0.25, 0.3) is 10.9 Å². The molecule has 104 valence electrons. The lowest BCUT2D eigenvalue weighted by Gasteiger charge is -2.10. The van der Waals surface area contributed by atoms with Gasteiger partial charge in [-0.1, -0.05) is 19.9 Å². The molecule has 1 heterocycles. The fraction of sp³-hybridized carbons (Fsp3) is 0.400. The van der Waals surface area contributed by atoms with E-state index in [0.29, 0.717) is 12.5 Å². The zero-order chi connectivity index (χ0) is 13.1. The molecule has 0 aliphatic carbocycles. The molecule has 4 heteroatoms. The van der Waals surface area contributed by atoms with Gasteiger partial charge in [0, 0.05) is 17.0 Å². The molecule has 0 bridgehead atoms. The highest BCUT2D eigenvalue weighted by molar-refractivity contribution is 5.85. The molecule has 0 atom stereocenters. The number of rotatable bonds is 4. The lowest BCUT2D eigenvalue weighted by atomic mass is 9.97. The van der Waals surface area contributed by atoms with Crippen molar-refractivity contribution in [1.82, 2.24) is 4.98 Å². The van der Waals surface area contributed by atoms with E-state index >= 15 is 0 Å². The van der Waals surface area contributed by atoms with Crippen molar-refractivity contribution in [1.29, 1.82) is 0 Å². The van der Waals surface area contributed by atoms with Crippen molar-refractivity contribution in [2.75, 3.05) is 6.54 Å². The molecule has 0 unspecified atom stereocenters. The largest absolute Gasteiger partial charge is 0.330 e. The van der Waals surface area contributed by atoms with Crippen molar-refractivity contribution < 1.29 is 0 Å². The number of aromatic nitrogens is 1. The Morgan fingerprint density at radius 2 is 2.00 bits per heavy atom. The third-order valence-corrected chi connectivity index (χ3v) is 3.05. The monoisotopic (exact) mass is 280 g/mol. The number of halogens is 1. The van der Waals surface area contributed by atoms with Gasteiger partial charge in [-0.15, -0.1) is 12.4 Å². The minimum Gasteiger partial charge on any atom is -0.330 e. The molecule has 0 aliphatic heterocycles. The highest BCUT2D eigenvalue weighted by Crippen LogP contribution is 2.20. The molecule has 0 spiro atoms. The fourth-order valence-electron chi connectivity index (χ4n) is 2.30. The van der Waals surface area contributed by atoms with Gasteiger partial charge in [-0.05, 0) is 48.6 Å². The van der Waals surface area contributed by atoms with Crippen LogP contribution < -0.4 is 11.3 Å². The van der Waals surface area contributed by atoms with Crippen LogP contribution in [0.5, 0.6) is 0 Å². The van der Waals surface area contributed by atoms with E-state index in [1.165, 1.54) is 5.56 Å². The first-order chi connectivity index (χ1) is 8.60. The minimum absolute atomic E-state index is 0. The molecular formula is C15H21ClN2O. The van der Waals surface area contributed by atoms with Gasteiger partial charge in [-0.25, -0.2) is 0 Å². The van der Waals surface area contributed by atoms with Crippen LogP contribution >= 0.6 is 12.4 Å². The van der Waals surface area contributed by atoms with E-state index in [1.807, 2.05) is 12.1 Å². The standard InChI is InChI=1S/C15H20N2O.ClH/c1-10(2)7-12-9-15(18)17-14-4-3-11(5-6-16)8-13(12)14;/h3-4,8-10H,5-7,16H2,1-2H3,(H,17,18);1H. The Morgan fingerprint density at radius 3 is 2.63 bits per heavy atom. The molecule has 2 aromatic rings. The number of pyridine rings is 1. The predicted molar refractivity (Wildman–Crippen MR) is 83.1 cm³/mol. The quantitative estimate of drug-likeness (QED) is 0.904. The molecule has 0 saturated heterocycles. The lowest BCUT2D eigenvalue weighted by molar-refractivity contribution is 0.649. The van der Waals surface area contributed by atoms with Crippen LogP contribution in [0.15, 0.2) is 29.1 Å². The second-order valence-electron chi connectivity index (χ2n) is 5.18. The molecule has 0 aliphatic rings. The molecular weight excluding hydrogens is 260 g/mol. The van der Waals surface area contributed by atoms with Crippen LogP contribution in [-0.2, 0) is 12.8 Å². The molecule has 0 amide bonds. The van der Waals surface area contributed by atoms with Crippen LogP contribution in [0.2, 0.25) is 0 Å². The summed E-state index contributed by atoms with van der Waals surface area (Å²) in [5, 5.41) is 1.15. The van der Waals surface area contributed by atoms with Crippen LogP contribution in [0.4, 0.5) is 0 Å². The van der Waals surface area contributed by atoms with Gasteiger partial charge < -0.3 is 10.7 Å². The van der Waals surface area contributed by atoms with Crippen LogP contribution in [-0.4, -0.2) is 11.5 Å². The van der Waals surface area contributed by atoms with E-state index in [2.05, 4.69) is 24.9 Å². The Bertz CT molecular complexity index is 605. The molecule has 0 saturated carbocycles. The van der Waals surface area contributed by atoms with Gasteiger partial charge in [0.25, 0.3) is 0 Å². The minimum atomic E-state index is -0.0234. The number of nitrogens with one attached hydrogen (secondary N) is 1. The number of hydrogen-bond donors (Lipinski definition) is 2. The number of benzene rings is 1. The normalized spacial score (nSPS) is 10.7. The lowest BCUT2D eigenvalue weighted by Crippen LogP contribution is -2.09. The third kappa shape index (κ3) is 3.82. The molecule has 0 fully saturated rings. The van der Waals surface area contributed by atoms with E-state index in [-0.39, 0.29) is 18.0 Å². The molecule has 2 rings (SSSR count). The maximum absolute atomic E-state index is 11.6. The summed E-state index contributed by atoms with van der Waals surface area (Å²) in [6, 6.07) is 7.88. The number of fused-ring (bicyclic) bond motifs is 1. The highest BCUT2D eigenvalue weighted by atomic mass is 35.5. The van der Waals surface area contributed by atoms with Gasteiger partial charge in [0.15, 0.2) is 0 Å². The van der Waals surface area contributed by atoms with Crippen molar-refractivity contribution in [3.8, 4) is 0 Å². The van der Waals surface area contributed by atoms with Gasteiger partial charge in [0.1, 0.15) is 0 Å². The van der Waals surface area contributed by atoms with Crippen LogP contribution in [0.1, 0.15) is 25.0 Å². The van der Waals surface area contributed by atoms with Gasteiger partial charge in [-0.2, -0.15) is 0 Å². The van der Waals surface area contributed by atoms with Crippen molar-refractivity contribution >= 4 is 23.3 Å². The Labute approximate surface area is 119 Å². The first-order valence-electron chi connectivity index (χ1n) is 6.45. The summed E-state index contributed by atoms with van der Waals surface area (Å²) in [7, 11) is 0. The maximum Gasteiger partial charge on any atom is 0.248 e. The van der Waals surface area contributed by atoms with E-state index in [0.717, 1.165) is 29.3 Å². The summed E-state index contributed by atoms with van der Waals surface area (Å²) in [5.41, 5.74) is 8.83. The van der Waals surface area contributed by atoms with Crippen LogP contribution in [0.3, 0.4) is 0 Å². The molecule has 0 radical (unpaired) electrons. The fourth-order valence-corrected chi connectivity index (χ4v) is 2.30. The smallest absolute Gasteiger partial charge is 0.248 e. The number of nitrogens with two attached hydrogens (primary N) is 1. The van der Waals surface area contributed by atoms with E-state index in [9.17, 15) is 4.79 Å². The second-order valence-corrected chi connectivity index (χ2v) is 5.18. The zero-order valence-electron chi connectivity index (χ0n) is 11.4. The number of hydrogen-bond acceptors (Lipinski definition) is 2. The molecule has 19 heavy (non-hydrogen) atoms. The average Bonchev–Trinajstić information content (AvgIpc) is 2.29. The topological polar surface area (TPSA) is 58.9 Å². The van der Waals surface area contributed by atoms with Crippen molar-refractivity contribution in [3.05, 3.63) is 45.7 Å². The number of H-pyrrole nitrogens is 1. The van der Waals surface area contributed by atoms with Crippen molar-refractivity contribution in [2.45, 2.75) is 26.7 Å². The summed E-state index contributed by atoms with van der Waals surface area (Å²) >= 11 is 0. The second kappa shape index (κ2) is 6.73. The SMILES string of the molecule is CC(C)Cc1cc(=O)[nH]c2ccc(CCN)cc12.Cl. The maximum atomic E-state index is 11.6. The summed E-state index contributed by atoms with van der Waals surface area (Å²) in [4.78, 5) is 14.5. The van der Waals surface area contributed by atoms with Crippen molar-refractivity contribution in [2.24, 2.45) is 11.7 Å². The summed E-state index contributed by atoms with van der Waals surface area (Å²) < 4.78 is 0. The summed E-state index contributed by atoms with van der Waals surface area (Å²) in [5.74, 6) is 0.535. The average molecular weight is 281 g/mol. The van der Waals surface area contributed by atoms with E-state index in [1.54, 1.807) is 6.07 Å². The van der Waals surface area contributed by atoms with Gasteiger partial charge in [0.05, 0.1) is 0 Å². The Morgan fingerprint density at radius 1 is 1.26 bits per heavy atom. The first-order valence-corrected chi connectivity index (χ1v) is 6.45. The van der Waals surface area contributed by atoms with Gasteiger partial charge in [0.2, 0.25) is 5.56 Å². The molecule has 1 aromatic heterocycles. The summed E-state index contributed by atoms with van der Waals surface area (Å²) in [6.45, 7) is 4.97. The molecule has 3 nitrogen and oxygen atoms in total. The van der Waals surface area contributed by atoms with Gasteiger partial charge >= 0.3 is 0 Å². The Hall–Kier alpha value is -1.32. The van der Waals surface area contributed by atoms with Crippen LogP contribution in [0, 0.1) is 5.92 Å². The Kier molecular flexibility index (Phi) is 5.58. The predicted octanol–water partition coefficient (Wildman–Crippen LogP) is 2.65. The highest BCUT2D eigenvalue weighted by Gasteiger charge is 2.06. The van der Waals surface area contributed by atoms with E-state index < -0.39 is 0 Å².